The summed E-state index contributed by atoms with van der Waals surface area (Å²) in [5.74, 6) is -3.08. The first-order valence-electron chi connectivity index (χ1n) is 6.29. The summed E-state index contributed by atoms with van der Waals surface area (Å²) in [6.07, 6.45) is 0. The fraction of sp³-hybridized carbons (Fsp3) is 0.417. The molecule has 0 spiro atoms. The van der Waals surface area contributed by atoms with E-state index in [1.54, 1.807) is 6.92 Å². The van der Waals surface area contributed by atoms with E-state index in [9.17, 15) is 24.6 Å². The van der Waals surface area contributed by atoms with E-state index >= 15 is 0 Å². The summed E-state index contributed by atoms with van der Waals surface area (Å²) in [4.78, 5) is 30.5. The monoisotopic (exact) mass is 348 g/mol. The summed E-state index contributed by atoms with van der Waals surface area (Å²) in [6.45, 7) is 1.13. The van der Waals surface area contributed by atoms with Crippen LogP contribution in [0.5, 0.6) is 11.5 Å². The first-order valence-corrected chi connectivity index (χ1v) is 7.58. The van der Waals surface area contributed by atoms with Gasteiger partial charge in [0.2, 0.25) is 5.75 Å². The summed E-state index contributed by atoms with van der Waals surface area (Å²) in [5, 5.41) is 20.7. The van der Waals surface area contributed by atoms with Crippen LogP contribution in [0.25, 0.3) is 0 Å². The number of ether oxygens (including phenoxy) is 3. The molecule has 0 saturated carbocycles. The van der Waals surface area contributed by atoms with Crippen molar-refractivity contribution in [2.45, 2.75) is 12.8 Å². The van der Waals surface area contributed by atoms with Crippen LogP contribution in [0.2, 0.25) is 0 Å². The number of aliphatic hydroxyl groups is 1. The third-order valence-corrected chi connectivity index (χ3v) is 3.34. The number of carbonyl (C=O) groups is 1. The Balaban J connectivity index is 3.24. The molecule has 0 amide bonds. The summed E-state index contributed by atoms with van der Waals surface area (Å²) >= 11 is 0. The van der Waals surface area contributed by atoms with Crippen LogP contribution in [0, 0.1) is 10.1 Å². The number of nitrogens with zero attached hydrogens (tertiary/aromatic N) is 1. The van der Waals surface area contributed by atoms with Gasteiger partial charge >= 0.3 is 25.5 Å². The Morgan fingerprint density at radius 3 is 2.61 bits per heavy atom. The lowest BCUT2D eigenvalue weighted by Crippen LogP contribution is -2.15. The fourth-order valence-corrected chi connectivity index (χ4v) is 2.06. The van der Waals surface area contributed by atoms with Crippen molar-refractivity contribution in [3.63, 3.8) is 0 Å². The van der Waals surface area contributed by atoms with Crippen molar-refractivity contribution in [1.29, 1.82) is 0 Å². The average molecular weight is 348 g/mol. The number of methoxy groups -OCH3 is 1. The van der Waals surface area contributed by atoms with E-state index in [2.05, 4.69) is 4.74 Å². The van der Waals surface area contributed by atoms with Gasteiger partial charge < -0.3 is 19.3 Å². The summed E-state index contributed by atoms with van der Waals surface area (Å²) in [6, 6.07) is 1.98. The Morgan fingerprint density at radius 1 is 1.48 bits per heavy atom. The molecule has 0 aliphatic rings. The normalized spacial score (nSPS) is 12.3. The maximum absolute atomic E-state index is 11.3. The summed E-state index contributed by atoms with van der Waals surface area (Å²) in [7, 11) is -1.82. The smallest absolute Gasteiger partial charge is 0.493 e. The van der Waals surface area contributed by atoms with Gasteiger partial charge in [0, 0.05) is 11.6 Å². The molecule has 2 atom stereocenters. The Bertz CT molecular complexity index is 619. The van der Waals surface area contributed by atoms with Crippen LogP contribution in [0.15, 0.2) is 12.1 Å². The molecule has 1 rings (SSSR count). The first kappa shape index (κ1) is 18.8. The number of hydrogen-bond donors (Lipinski definition) is 2. The van der Waals surface area contributed by atoms with Gasteiger partial charge in [0.05, 0.1) is 18.6 Å². The maximum Gasteiger partial charge on any atom is 0.542 e. The molecule has 0 bridgehead atoms. The summed E-state index contributed by atoms with van der Waals surface area (Å²) < 4.78 is 25.6. The van der Waals surface area contributed by atoms with Crippen LogP contribution in [0.3, 0.4) is 0 Å². The number of aliphatic hydroxyl groups excluding tert-OH is 1. The highest BCUT2D eigenvalue weighted by Crippen LogP contribution is 2.43. The molecule has 10 nitrogen and oxygen atoms in total. The highest BCUT2D eigenvalue weighted by atomic mass is 31.1. The minimum absolute atomic E-state index is 0.121. The zero-order valence-corrected chi connectivity index (χ0v) is 13.2. The molecule has 1 aromatic carbocycles. The molecule has 0 heterocycles. The number of rotatable bonds is 8. The van der Waals surface area contributed by atoms with E-state index in [0.29, 0.717) is 0 Å². The molecule has 0 aliphatic carbocycles. The lowest BCUT2D eigenvalue weighted by molar-refractivity contribution is -0.386. The Morgan fingerprint density at radius 2 is 2.13 bits per heavy atom. The highest BCUT2D eigenvalue weighted by Gasteiger charge is 2.33. The van der Waals surface area contributed by atoms with Gasteiger partial charge in [-0.3, -0.25) is 10.1 Å². The second kappa shape index (κ2) is 8.37. The van der Waals surface area contributed by atoms with Crippen LogP contribution in [-0.2, 0) is 14.1 Å². The molecule has 0 fully saturated rings. The quantitative estimate of drug-likeness (QED) is 0.307. The minimum Gasteiger partial charge on any atom is -0.493 e. The molecule has 0 aliphatic heterocycles. The van der Waals surface area contributed by atoms with Crippen molar-refractivity contribution in [3.05, 3.63) is 27.8 Å². The van der Waals surface area contributed by atoms with Crippen LogP contribution >= 0.6 is 8.03 Å². The molecule has 2 unspecified atom stereocenters. The number of hydrogen-bond acceptors (Lipinski definition) is 8. The van der Waals surface area contributed by atoms with Crippen molar-refractivity contribution in [2.24, 2.45) is 0 Å². The number of benzene rings is 1. The predicted molar refractivity (Wildman–Crippen MR) is 76.6 cm³/mol. The zero-order valence-electron chi connectivity index (χ0n) is 12.3. The number of carbonyl (C=O) groups excluding carboxylic acids is 1. The highest BCUT2D eigenvalue weighted by molar-refractivity contribution is 7.38. The van der Waals surface area contributed by atoms with E-state index in [0.717, 1.165) is 12.1 Å². The zero-order chi connectivity index (χ0) is 17.6. The molecule has 126 valence electrons. The molecule has 0 radical (unpaired) electrons. The molecular formula is C12H15NO9P+. The molecule has 2 N–H and O–H groups in total. The second-order valence-electron chi connectivity index (χ2n) is 4.10. The van der Waals surface area contributed by atoms with Gasteiger partial charge in [-0.15, -0.1) is 0 Å². The van der Waals surface area contributed by atoms with E-state index in [1.165, 1.54) is 7.11 Å². The van der Waals surface area contributed by atoms with Crippen molar-refractivity contribution in [3.8, 4) is 11.5 Å². The van der Waals surface area contributed by atoms with Gasteiger partial charge in [-0.2, -0.15) is 4.89 Å². The molecule has 11 heteroatoms. The van der Waals surface area contributed by atoms with Crippen LogP contribution in [0.1, 0.15) is 18.3 Å². The molecule has 0 aromatic heterocycles. The van der Waals surface area contributed by atoms with Gasteiger partial charge in [0.1, 0.15) is 0 Å². The van der Waals surface area contributed by atoms with Crippen molar-refractivity contribution < 1.29 is 38.5 Å². The number of nitro benzene ring substituents is 1. The lowest BCUT2D eigenvalue weighted by atomic mass is 10.1. The van der Waals surface area contributed by atoms with Gasteiger partial charge in [-0.25, -0.2) is 4.79 Å². The van der Waals surface area contributed by atoms with E-state index in [-0.39, 0.29) is 23.7 Å². The molecular weight excluding hydrogens is 333 g/mol. The Hall–Kier alpha value is -2.29. The SMILES string of the molecule is CCOC(=O)COc1c(OC)cc(C(O)[P+](=O)O)cc1[N+](=O)[O-]. The van der Waals surface area contributed by atoms with E-state index < -0.39 is 37.1 Å². The predicted octanol–water partition coefficient (Wildman–Crippen LogP) is 1.27. The van der Waals surface area contributed by atoms with Gasteiger partial charge in [-0.05, 0) is 17.6 Å². The minimum atomic E-state index is -3.01. The first-order chi connectivity index (χ1) is 10.8. The van der Waals surface area contributed by atoms with Gasteiger partial charge in [-0.1, -0.05) is 0 Å². The average Bonchev–Trinajstić information content (AvgIpc) is 2.51. The Kier molecular flexibility index (Phi) is 6.83. The van der Waals surface area contributed by atoms with Crippen LogP contribution < -0.4 is 9.47 Å². The van der Waals surface area contributed by atoms with E-state index in [4.69, 9.17) is 14.4 Å². The van der Waals surface area contributed by atoms with Crippen LogP contribution in [-0.4, -0.2) is 41.2 Å². The second-order valence-corrected chi connectivity index (χ2v) is 5.19. The Labute approximate surface area is 131 Å². The molecule has 1 aromatic rings. The summed E-state index contributed by atoms with van der Waals surface area (Å²) in [5.41, 5.74) is -0.819. The van der Waals surface area contributed by atoms with E-state index in [1.807, 2.05) is 0 Å². The van der Waals surface area contributed by atoms with Gasteiger partial charge in [0.15, 0.2) is 12.4 Å². The fourth-order valence-electron chi connectivity index (χ4n) is 1.65. The van der Waals surface area contributed by atoms with Crippen molar-refractivity contribution in [2.75, 3.05) is 20.3 Å². The largest absolute Gasteiger partial charge is 0.542 e. The third kappa shape index (κ3) is 4.85. The maximum atomic E-state index is 11.3. The number of nitro groups is 1. The number of esters is 1. The van der Waals surface area contributed by atoms with Crippen molar-refractivity contribution in [1.82, 2.24) is 0 Å². The third-order valence-electron chi connectivity index (χ3n) is 2.62. The molecule has 0 saturated heterocycles. The van der Waals surface area contributed by atoms with Crippen molar-refractivity contribution >= 4 is 19.7 Å². The topological polar surface area (TPSA) is 145 Å². The lowest BCUT2D eigenvalue weighted by Gasteiger charge is -2.12. The van der Waals surface area contributed by atoms with Crippen LogP contribution in [0.4, 0.5) is 5.69 Å². The van der Waals surface area contributed by atoms with Gasteiger partial charge in [0.25, 0.3) is 0 Å². The standard InChI is InChI=1S/C12H14NO9P/c1-3-21-10(14)6-22-11-8(13(16)17)4-7(5-9(11)20-2)12(15)23(18)19/h4-5,12,15H,3,6H2,1-2H3/p+1. The molecule has 23 heavy (non-hydrogen) atoms.